The Morgan fingerprint density at radius 1 is 1.44 bits per heavy atom. The molecule has 46 valence electrons. The van der Waals surface area contributed by atoms with E-state index in [2.05, 4.69) is 10.6 Å². The lowest BCUT2D eigenvalue weighted by atomic mass is 10.4. The normalized spacial score (nSPS) is 15.6. The van der Waals surface area contributed by atoms with Gasteiger partial charge in [0.2, 0.25) is 5.69 Å². The van der Waals surface area contributed by atoms with Gasteiger partial charge in [-0.25, -0.2) is 0 Å². The van der Waals surface area contributed by atoms with Gasteiger partial charge >= 0.3 is 0 Å². The van der Waals surface area contributed by atoms with E-state index in [9.17, 15) is 0 Å². The van der Waals surface area contributed by atoms with Gasteiger partial charge in [0.05, 0.1) is 0 Å². The molecule has 0 saturated heterocycles. The fourth-order valence-corrected chi connectivity index (χ4v) is 1.02. The number of fused-ring (bicyclic) bond motifs is 1. The van der Waals surface area contributed by atoms with E-state index in [0.29, 0.717) is 0 Å². The summed E-state index contributed by atoms with van der Waals surface area (Å²) in [6, 6.07) is 6.12. The molecule has 2 nitrogen and oxygen atoms in total. The molecule has 0 fully saturated rings. The Labute approximate surface area is 53.7 Å². The molecular weight excluding hydrogens is 114 g/mol. The molecule has 0 saturated carbocycles. The van der Waals surface area contributed by atoms with Gasteiger partial charge in [-0.15, -0.1) is 0 Å². The van der Waals surface area contributed by atoms with Crippen LogP contribution in [-0.2, 0) is 18.1 Å². The topological polar surface area (TPSA) is 13.1 Å². The Bertz CT molecular complexity index is 199. The Morgan fingerprint density at radius 2 is 2.44 bits per heavy atom. The van der Waals surface area contributed by atoms with Crippen molar-refractivity contribution in [2.45, 2.75) is 13.3 Å². The van der Waals surface area contributed by atoms with Crippen molar-refractivity contribution in [1.29, 1.82) is 0 Å². The standard InChI is InChI=1S/C7H8NO/c1-2-4-8-6-9-5-7(8)3-1/h1-4H,5-6H2/q+1. The monoisotopic (exact) mass is 122 g/mol. The van der Waals surface area contributed by atoms with Gasteiger partial charge in [-0.1, -0.05) is 6.07 Å². The molecule has 1 aromatic heterocycles. The first-order valence-electron chi connectivity index (χ1n) is 3.02. The summed E-state index contributed by atoms with van der Waals surface area (Å²) >= 11 is 0. The van der Waals surface area contributed by atoms with Crippen molar-refractivity contribution in [2.24, 2.45) is 0 Å². The van der Waals surface area contributed by atoms with Crippen molar-refractivity contribution in [1.82, 2.24) is 0 Å². The van der Waals surface area contributed by atoms with Gasteiger partial charge < -0.3 is 4.74 Å². The van der Waals surface area contributed by atoms with E-state index < -0.39 is 0 Å². The maximum atomic E-state index is 5.18. The largest absolute Gasteiger partial charge is 0.312 e. The average Bonchev–Trinajstić information content (AvgIpc) is 2.33. The molecule has 0 aliphatic carbocycles. The van der Waals surface area contributed by atoms with Crippen molar-refractivity contribution in [2.75, 3.05) is 0 Å². The Hall–Kier alpha value is -0.890. The average molecular weight is 122 g/mol. The minimum absolute atomic E-state index is 0.718. The summed E-state index contributed by atoms with van der Waals surface area (Å²) in [5.74, 6) is 0. The van der Waals surface area contributed by atoms with Gasteiger partial charge in [-0.3, -0.25) is 0 Å². The van der Waals surface area contributed by atoms with Crippen LogP contribution in [0.15, 0.2) is 24.4 Å². The molecule has 0 amide bonds. The summed E-state index contributed by atoms with van der Waals surface area (Å²) in [5.41, 5.74) is 1.26. The highest BCUT2D eigenvalue weighted by molar-refractivity contribution is 4.96. The molecule has 2 heteroatoms. The third-order valence-corrected chi connectivity index (χ3v) is 1.51. The molecule has 1 aliphatic rings. The van der Waals surface area contributed by atoms with Gasteiger partial charge in [-0.05, 0) is 0 Å². The summed E-state index contributed by atoms with van der Waals surface area (Å²) in [6.45, 7) is 1.48. The summed E-state index contributed by atoms with van der Waals surface area (Å²) < 4.78 is 7.28. The number of nitrogens with zero attached hydrogens (tertiary/aromatic N) is 1. The van der Waals surface area contributed by atoms with E-state index in [1.54, 1.807) is 0 Å². The minimum Gasteiger partial charge on any atom is -0.312 e. The second kappa shape index (κ2) is 1.81. The highest BCUT2D eigenvalue weighted by Gasteiger charge is 2.15. The predicted octanol–water partition coefficient (Wildman–Crippen LogP) is 0.462. The van der Waals surface area contributed by atoms with Crippen molar-refractivity contribution in [3.8, 4) is 0 Å². The lowest BCUT2D eigenvalue weighted by Gasteiger charge is -1.84. The lowest BCUT2D eigenvalue weighted by molar-refractivity contribution is -0.714. The molecule has 0 aromatic carbocycles. The molecule has 1 aromatic rings. The van der Waals surface area contributed by atoms with Crippen LogP contribution < -0.4 is 4.57 Å². The Morgan fingerprint density at radius 3 is 3.33 bits per heavy atom. The predicted molar refractivity (Wildman–Crippen MR) is 31.4 cm³/mol. The summed E-state index contributed by atoms with van der Waals surface area (Å²) in [6.07, 6.45) is 2.03. The first-order chi connectivity index (χ1) is 4.47. The zero-order chi connectivity index (χ0) is 6.10. The maximum absolute atomic E-state index is 5.18. The highest BCUT2D eigenvalue weighted by atomic mass is 16.5. The quantitative estimate of drug-likeness (QED) is 0.456. The molecule has 0 atom stereocenters. The second-order valence-electron chi connectivity index (χ2n) is 2.14. The van der Waals surface area contributed by atoms with Gasteiger partial charge in [0.25, 0.3) is 6.73 Å². The lowest BCUT2D eigenvalue weighted by Crippen LogP contribution is -2.31. The molecule has 0 unspecified atom stereocenters. The first-order valence-corrected chi connectivity index (χ1v) is 3.02. The van der Waals surface area contributed by atoms with Crippen molar-refractivity contribution < 1.29 is 9.30 Å². The number of ether oxygens (including phenoxy) is 1. The van der Waals surface area contributed by atoms with Crippen LogP contribution >= 0.6 is 0 Å². The summed E-state index contributed by atoms with van der Waals surface area (Å²) in [5, 5.41) is 0. The smallest absolute Gasteiger partial charge is 0.253 e. The molecule has 0 bridgehead atoms. The van der Waals surface area contributed by atoms with E-state index in [-0.39, 0.29) is 0 Å². The SMILES string of the molecule is c1cc[n+]2c(c1)COC2. The van der Waals surface area contributed by atoms with Gasteiger partial charge in [0.15, 0.2) is 6.20 Å². The van der Waals surface area contributed by atoms with Crippen LogP contribution in [0.2, 0.25) is 0 Å². The minimum atomic E-state index is 0.718. The molecular formula is C7H8NO+. The Kier molecular flexibility index (Phi) is 0.993. The third kappa shape index (κ3) is 0.715. The highest BCUT2D eigenvalue weighted by Crippen LogP contribution is 2.00. The van der Waals surface area contributed by atoms with E-state index in [1.807, 2.05) is 18.3 Å². The summed E-state index contributed by atoms with van der Waals surface area (Å²) in [7, 11) is 0. The van der Waals surface area contributed by atoms with Crippen molar-refractivity contribution >= 4 is 0 Å². The van der Waals surface area contributed by atoms with E-state index in [0.717, 1.165) is 13.3 Å². The van der Waals surface area contributed by atoms with E-state index in [4.69, 9.17) is 4.74 Å². The van der Waals surface area contributed by atoms with Gasteiger partial charge in [0.1, 0.15) is 6.61 Å². The molecule has 0 N–H and O–H groups in total. The fraction of sp³-hybridized carbons (Fsp3) is 0.286. The molecule has 2 heterocycles. The van der Waals surface area contributed by atoms with Gasteiger partial charge in [0, 0.05) is 12.1 Å². The maximum Gasteiger partial charge on any atom is 0.253 e. The van der Waals surface area contributed by atoms with Crippen LogP contribution in [0.1, 0.15) is 5.69 Å². The molecule has 1 aliphatic heterocycles. The third-order valence-electron chi connectivity index (χ3n) is 1.51. The number of pyridine rings is 1. The van der Waals surface area contributed by atoms with Crippen molar-refractivity contribution in [3.05, 3.63) is 30.1 Å². The van der Waals surface area contributed by atoms with Crippen molar-refractivity contribution in [3.63, 3.8) is 0 Å². The summed E-state index contributed by atoms with van der Waals surface area (Å²) in [4.78, 5) is 0. The van der Waals surface area contributed by atoms with Crippen LogP contribution in [0, 0.1) is 0 Å². The van der Waals surface area contributed by atoms with Gasteiger partial charge in [-0.2, -0.15) is 4.57 Å². The van der Waals surface area contributed by atoms with Crippen LogP contribution in [-0.4, -0.2) is 0 Å². The number of hydrogen-bond acceptors (Lipinski definition) is 1. The van der Waals surface area contributed by atoms with Crippen LogP contribution in [0.3, 0.4) is 0 Å². The van der Waals surface area contributed by atoms with Crippen LogP contribution in [0.25, 0.3) is 0 Å². The van der Waals surface area contributed by atoms with E-state index in [1.165, 1.54) is 5.69 Å². The molecule has 0 radical (unpaired) electrons. The molecule has 9 heavy (non-hydrogen) atoms. The van der Waals surface area contributed by atoms with E-state index >= 15 is 0 Å². The number of aromatic nitrogens is 1. The zero-order valence-electron chi connectivity index (χ0n) is 5.08. The van der Waals surface area contributed by atoms with Crippen LogP contribution in [0.5, 0.6) is 0 Å². The van der Waals surface area contributed by atoms with Crippen LogP contribution in [0.4, 0.5) is 0 Å². The molecule has 0 spiro atoms. The Balaban J connectivity index is 2.54. The first kappa shape index (κ1) is 4.94. The number of hydrogen-bond donors (Lipinski definition) is 0. The number of rotatable bonds is 0. The second-order valence-corrected chi connectivity index (χ2v) is 2.14. The zero-order valence-corrected chi connectivity index (χ0v) is 5.08. The fourth-order valence-electron chi connectivity index (χ4n) is 1.02. The molecule has 2 rings (SSSR count).